The van der Waals surface area contributed by atoms with Crippen LogP contribution in [0.1, 0.15) is 6.42 Å². The van der Waals surface area contributed by atoms with E-state index >= 15 is 0 Å². The van der Waals surface area contributed by atoms with Crippen molar-refractivity contribution < 1.29 is 5.11 Å². The molecule has 0 atom stereocenters. The highest BCUT2D eigenvalue weighted by atomic mass is 16.2. The van der Waals surface area contributed by atoms with E-state index in [1.54, 1.807) is 0 Å². The second-order valence-electron chi connectivity index (χ2n) is 2.54. The number of aliphatic hydroxyl groups is 1. The molecule has 0 spiro atoms. The minimum absolute atomic E-state index is 0.206. The van der Waals surface area contributed by atoms with Crippen molar-refractivity contribution >= 4 is 7.28 Å². The van der Waals surface area contributed by atoms with Crippen LogP contribution < -0.4 is 0 Å². The maximum atomic E-state index is 8.73. The van der Waals surface area contributed by atoms with Crippen molar-refractivity contribution in [3.05, 3.63) is 47.9 Å². The minimum atomic E-state index is 0.206. The summed E-state index contributed by atoms with van der Waals surface area (Å²) < 4.78 is 0. The molecule has 2 heteroatoms. The zero-order chi connectivity index (χ0) is 8.65. The molecule has 0 saturated carbocycles. The van der Waals surface area contributed by atoms with Crippen LogP contribution in [0.5, 0.6) is 0 Å². The van der Waals surface area contributed by atoms with E-state index in [0.717, 1.165) is 5.47 Å². The smallest absolute Gasteiger partial charge is 0.175 e. The molecule has 0 bridgehead atoms. The average Bonchev–Trinajstić information content (AvgIpc) is 2.19. The molecule has 0 aromatic heterocycles. The summed E-state index contributed by atoms with van der Waals surface area (Å²) in [6.45, 7) is 0.206. The van der Waals surface area contributed by atoms with Crippen molar-refractivity contribution in [2.45, 2.75) is 6.42 Å². The van der Waals surface area contributed by atoms with Gasteiger partial charge in [-0.25, -0.2) is 0 Å². The first-order chi connectivity index (χ1) is 5.93. The summed E-state index contributed by atoms with van der Waals surface area (Å²) in [4.78, 5) is 0. The lowest BCUT2D eigenvalue weighted by atomic mass is 9.68. The van der Waals surface area contributed by atoms with E-state index < -0.39 is 0 Å². The van der Waals surface area contributed by atoms with E-state index in [1.165, 1.54) is 0 Å². The Labute approximate surface area is 74.0 Å². The molecule has 0 aromatic carbocycles. The van der Waals surface area contributed by atoms with Crippen LogP contribution in [0.25, 0.3) is 0 Å². The molecule has 0 fully saturated rings. The van der Waals surface area contributed by atoms with Gasteiger partial charge in [-0.2, -0.15) is 0 Å². The summed E-state index contributed by atoms with van der Waals surface area (Å²) in [5.41, 5.74) is 1.15. The van der Waals surface area contributed by atoms with E-state index in [2.05, 4.69) is 0 Å². The maximum Gasteiger partial charge on any atom is 0.175 e. The quantitative estimate of drug-likeness (QED) is 0.606. The van der Waals surface area contributed by atoms with Gasteiger partial charge in [-0.05, 0) is 6.42 Å². The van der Waals surface area contributed by atoms with Gasteiger partial charge >= 0.3 is 0 Å². The monoisotopic (exact) mass is 159 g/mol. The van der Waals surface area contributed by atoms with Gasteiger partial charge in [0.05, 0.1) is 0 Å². The third-order valence-corrected chi connectivity index (χ3v) is 1.58. The van der Waals surface area contributed by atoms with E-state index in [0.29, 0.717) is 6.42 Å². The van der Waals surface area contributed by atoms with Gasteiger partial charge in [0, 0.05) is 6.61 Å². The van der Waals surface area contributed by atoms with Gasteiger partial charge in [0.25, 0.3) is 0 Å². The molecule has 1 N–H and O–H groups in total. The van der Waals surface area contributed by atoms with Gasteiger partial charge in [-0.3, -0.25) is 0 Å². The first kappa shape index (κ1) is 9.08. The lowest BCUT2D eigenvalue weighted by molar-refractivity contribution is 0.301. The van der Waals surface area contributed by atoms with E-state index in [-0.39, 0.29) is 6.61 Å². The molecule has 0 unspecified atom stereocenters. The van der Waals surface area contributed by atoms with Crippen molar-refractivity contribution in [2.75, 3.05) is 6.61 Å². The molecule has 0 saturated heterocycles. The molecule has 0 amide bonds. The predicted molar refractivity (Wildman–Crippen MR) is 53.0 cm³/mol. The Morgan fingerprint density at radius 1 is 1.08 bits per heavy atom. The van der Waals surface area contributed by atoms with Crippen molar-refractivity contribution in [1.82, 2.24) is 0 Å². The molecular weight excluding hydrogens is 147 g/mol. The van der Waals surface area contributed by atoms with Crippen LogP contribution in [0.4, 0.5) is 0 Å². The molecule has 1 aliphatic heterocycles. The lowest BCUT2D eigenvalue weighted by Gasteiger charge is -1.97. The first-order valence-corrected chi connectivity index (χ1v) is 4.08. The maximum absolute atomic E-state index is 8.73. The number of hydrogen-bond acceptors (Lipinski definition) is 1. The predicted octanol–water partition coefficient (Wildman–Crippen LogP) is 1.60. The van der Waals surface area contributed by atoms with Gasteiger partial charge in [0.1, 0.15) is 0 Å². The Morgan fingerprint density at radius 3 is 2.67 bits per heavy atom. The zero-order valence-corrected chi connectivity index (χ0v) is 6.98. The fourth-order valence-electron chi connectivity index (χ4n) is 0.966. The molecule has 61 valence electrons. The van der Waals surface area contributed by atoms with Crippen LogP contribution in [-0.2, 0) is 0 Å². The Kier molecular flexibility index (Phi) is 4.24. The highest BCUT2D eigenvalue weighted by Gasteiger charge is 1.94. The fraction of sp³-hybridized carbons (Fsp3) is 0.200. The number of hydrogen-bond donors (Lipinski definition) is 1. The normalized spacial score (nSPS) is 15.9. The van der Waals surface area contributed by atoms with Gasteiger partial charge in [0.15, 0.2) is 7.28 Å². The molecule has 0 aromatic rings. The summed E-state index contributed by atoms with van der Waals surface area (Å²) >= 11 is 0. The topological polar surface area (TPSA) is 20.2 Å². The molecule has 1 heterocycles. The van der Waals surface area contributed by atoms with Crippen LogP contribution >= 0.6 is 0 Å². The zero-order valence-electron chi connectivity index (χ0n) is 6.98. The van der Waals surface area contributed by atoms with Gasteiger partial charge in [-0.15, -0.1) is 11.4 Å². The van der Waals surface area contributed by atoms with Crippen LogP contribution in [0.2, 0.25) is 0 Å². The number of rotatable bonds is 2. The second kappa shape index (κ2) is 5.61. The van der Waals surface area contributed by atoms with Crippen molar-refractivity contribution in [1.29, 1.82) is 0 Å². The number of aliphatic hydroxyl groups excluding tert-OH is 1. The summed E-state index contributed by atoms with van der Waals surface area (Å²) in [7, 11) is 2.01. The first-order valence-electron chi connectivity index (χ1n) is 4.08. The van der Waals surface area contributed by atoms with Crippen LogP contribution in [0, 0.1) is 0 Å². The Bertz CT molecular complexity index is 236. The summed E-state index contributed by atoms with van der Waals surface area (Å²) in [5.74, 6) is 1.98. The Morgan fingerprint density at radius 2 is 1.83 bits per heavy atom. The van der Waals surface area contributed by atoms with E-state index in [1.807, 2.05) is 49.7 Å². The van der Waals surface area contributed by atoms with Gasteiger partial charge in [0.2, 0.25) is 0 Å². The fourth-order valence-corrected chi connectivity index (χ4v) is 0.966. The summed E-state index contributed by atoms with van der Waals surface area (Å²) in [6.07, 6.45) is 12.6. The largest absolute Gasteiger partial charge is 0.396 e. The van der Waals surface area contributed by atoms with Crippen molar-refractivity contribution in [2.24, 2.45) is 0 Å². The molecule has 1 aliphatic rings. The van der Waals surface area contributed by atoms with Gasteiger partial charge in [-0.1, -0.05) is 36.5 Å². The third kappa shape index (κ3) is 3.40. The van der Waals surface area contributed by atoms with Gasteiger partial charge < -0.3 is 5.11 Å². The van der Waals surface area contributed by atoms with Crippen molar-refractivity contribution in [3.63, 3.8) is 0 Å². The second-order valence-corrected chi connectivity index (χ2v) is 2.54. The standard InChI is InChI=1S/C10H12BO/c12-9-7-10-6-4-2-1-3-5-8-11-10/h1-6,8,12H,7,9H2. The molecular formula is C10H12BO. The van der Waals surface area contributed by atoms with Crippen molar-refractivity contribution in [3.8, 4) is 0 Å². The van der Waals surface area contributed by atoms with E-state index in [9.17, 15) is 0 Å². The molecule has 12 heavy (non-hydrogen) atoms. The minimum Gasteiger partial charge on any atom is -0.396 e. The lowest BCUT2D eigenvalue weighted by Crippen LogP contribution is -1.95. The van der Waals surface area contributed by atoms with E-state index in [4.69, 9.17) is 5.11 Å². The molecule has 0 aliphatic carbocycles. The van der Waals surface area contributed by atoms with Crippen LogP contribution in [0.15, 0.2) is 47.9 Å². The van der Waals surface area contributed by atoms with Crippen LogP contribution in [0.3, 0.4) is 0 Å². The van der Waals surface area contributed by atoms with Crippen LogP contribution in [-0.4, -0.2) is 19.0 Å². The third-order valence-electron chi connectivity index (χ3n) is 1.58. The highest BCUT2D eigenvalue weighted by molar-refractivity contribution is 6.51. The molecule has 1 rings (SSSR count). The molecule has 1 nitrogen and oxygen atoms in total. The number of allylic oxidation sites excluding steroid dienone is 6. The highest BCUT2D eigenvalue weighted by Crippen LogP contribution is 2.01. The Balaban J connectivity index is 2.61. The average molecular weight is 159 g/mol. The Hall–Kier alpha value is -1.02. The summed E-state index contributed by atoms with van der Waals surface area (Å²) in [6, 6.07) is 0. The summed E-state index contributed by atoms with van der Waals surface area (Å²) in [5, 5.41) is 8.73. The molecule has 1 radical (unpaired) electrons. The SMILES string of the molecule is OCCC1=CC=CC=CC=C[B]1.